The van der Waals surface area contributed by atoms with E-state index >= 15 is 0 Å². The predicted octanol–water partition coefficient (Wildman–Crippen LogP) is 3.41. The van der Waals surface area contributed by atoms with Gasteiger partial charge in [0, 0.05) is 32.1 Å². The summed E-state index contributed by atoms with van der Waals surface area (Å²) in [6.07, 6.45) is 0.961. The third kappa shape index (κ3) is 5.58. The molecule has 0 heterocycles. The Morgan fingerprint density at radius 3 is 2.33 bits per heavy atom. The summed E-state index contributed by atoms with van der Waals surface area (Å²) in [6, 6.07) is 13.7. The van der Waals surface area contributed by atoms with E-state index < -0.39 is 0 Å². The highest BCUT2D eigenvalue weighted by Gasteiger charge is 2.17. The molecule has 144 valence electrons. The van der Waals surface area contributed by atoms with Crippen LogP contribution in [0.4, 0.5) is 5.69 Å². The molecule has 0 aliphatic carbocycles. The number of amides is 2. The lowest BCUT2D eigenvalue weighted by Crippen LogP contribution is -2.35. The van der Waals surface area contributed by atoms with Crippen LogP contribution < -0.4 is 15.0 Å². The van der Waals surface area contributed by atoms with Crippen LogP contribution in [0.2, 0.25) is 0 Å². The maximum absolute atomic E-state index is 12.2. The van der Waals surface area contributed by atoms with Crippen molar-refractivity contribution in [1.82, 2.24) is 5.32 Å². The zero-order chi connectivity index (χ0) is 19.8. The number of hydrogen-bond donors (Lipinski definition) is 1. The van der Waals surface area contributed by atoms with Crippen molar-refractivity contribution >= 4 is 17.5 Å². The van der Waals surface area contributed by atoms with Gasteiger partial charge in [-0.2, -0.15) is 0 Å². The molecule has 0 aliphatic rings. The Hall–Kier alpha value is -2.82. The van der Waals surface area contributed by atoms with Gasteiger partial charge in [0.25, 0.3) is 0 Å². The molecule has 0 spiro atoms. The molecule has 5 nitrogen and oxygen atoms in total. The van der Waals surface area contributed by atoms with Gasteiger partial charge < -0.3 is 15.0 Å². The molecule has 2 aromatic rings. The lowest BCUT2D eigenvalue weighted by atomic mass is 10.1. The number of methoxy groups -OCH3 is 1. The molecule has 2 aromatic carbocycles. The van der Waals surface area contributed by atoms with Crippen LogP contribution in [-0.2, 0) is 16.0 Å². The standard InChI is InChI=1S/C22H28N2O3/c1-16-8-7-9-17(2)22(16)24(18(3)25)15-13-21(26)23-14-12-19-10-5-6-11-20(19)27-4/h5-11H,12-15H2,1-4H3,(H,23,26). The van der Waals surface area contributed by atoms with Crippen LogP contribution in [-0.4, -0.2) is 32.0 Å². The summed E-state index contributed by atoms with van der Waals surface area (Å²) >= 11 is 0. The molecule has 27 heavy (non-hydrogen) atoms. The first kappa shape index (κ1) is 20.5. The van der Waals surface area contributed by atoms with Gasteiger partial charge in [-0.05, 0) is 43.0 Å². The van der Waals surface area contributed by atoms with Gasteiger partial charge in [-0.3, -0.25) is 9.59 Å². The quantitative estimate of drug-likeness (QED) is 0.777. The molecule has 0 saturated carbocycles. The maximum Gasteiger partial charge on any atom is 0.223 e. The minimum Gasteiger partial charge on any atom is -0.496 e. The van der Waals surface area contributed by atoms with Gasteiger partial charge in [-0.1, -0.05) is 36.4 Å². The number of aryl methyl sites for hydroxylation is 2. The molecule has 0 radical (unpaired) electrons. The van der Waals surface area contributed by atoms with Gasteiger partial charge in [0.15, 0.2) is 0 Å². The van der Waals surface area contributed by atoms with E-state index in [2.05, 4.69) is 5.32 Å². The summed E-state index contributed by atoms with van der Waals surface area (Å²) in [4.78, 5) is 26.0. The molecular formula is C22H28N2O3. The lowest BCUT2D eigenvalue weighted by Gasteiger charge is -2.25. The topological polar surface area (TPSA) is 58.6 Å². The summed E-state index contributed by atoms with van der Waals surface area (Å²) in [6.45, 7) is 6.38. The van der Waals surface area contributed by atoms with E-state index in [4.69, 9.17) is 4.74 Å². The van der Waals surface area contributed by atoms with Gasteiger partial charge >= 0.3 is 0 Å². The second-order valence-corrected chi connectivity index (χ2v) is 6.57. The first-order valence-corrected chi connectivity index (χ1v) is 9.17. The average molecular weight is 368 g/mol. The molecule has 0 aromatic heterocycles. The zero-order valence-corrected chi connectivity index (χ0v) is 16.5. The third-order valence-electron chi connectivity index (χ3n) is 4.56. The van der Waals surface area contributed by atoms with Crippen molar-refractivity contribution in [3.8, 4) is 5.75 Å². The van der Waals surface area contributed by atoms with E-state index in [0.29, 0.717) is 19.5 Å². The van der Waals surface area contributed by atoms with Crippen LogP contribution in [0.5, 0.6) is 5.75 Å². The van der Waals surface area contributed by atoms with Gasteiger partial charge in [0.05, 0.1) is 7.11 Å². The van der Waals surface area contributed by atoms with Crippen LogP contribution >= 0.6 is 0 Å². The molecule has 1 N–H and O–H groups in total. The number of nitrogens with zero attached hydrogens (tertiary/aromatic N) is 1. The van der Waals surface area contributed by atoms with Gasteiger partial charge in [-0.15, -0.1) is 0 Å². The van der Waals surface area contributed by atoms with E-state index in [0.717, 1.165) is 28.1 Å². The molecule has 0 bridgehead atoms. The Morgan fingerprint density at radius 2 is 1.70 bits per heavy atom. The van der Waals surface area contributed by atoms with E-state index in [1.807, 2.05) is 56.3 Å². The Labute approximate surface area is 161 Å². The molecule has 0 fully saturated rings. The highest BCUT2D eigenvalue weighted by atomic mass is 16.5. The second-order valence-electron chi connectivity index (χ2n) is 6.57. The minimum atomic E-state index is -0.0672. The third-order valence-corrected chi connectivity index (χ3v) is 4.56. The fourth-order valence-electron chi connectivity index (χ4n) is 3.21. The molecule has 5 heteroatoms. The number of rotatable bonds is 8. The summed E-state index contributed by atoms with van der Waals surface area (Å²) in [5.74, 6) is 0.695. The predicted molar refractivity (Wildman–Crippen MR) is 108 cm³/mol. The lowest BCUT2D eigenvalue weighted by molar-refractivity contribution is -0.121. The maximum atomic E-state index is 12.2. The Balaban J connectivity index is 1.90. The molecule has 0 atom stereocenters. The fraction of sp³-hybridized carbons (Fsp3) is 0.364. The van der Waals surface area contributed by atoms with Crippen LogP contribution in [0.25, 0.3) is 0 Å². The zero-order valence-electron chi connectivity index (χ0n) is 16.5. The van der Waals surface area contributed by atoms with Gasteiger partial charge in [0.1, 0.15) is 5.75 Å². The molecule has 2 rings (SSSR count). The number of ether oxygens (including phenoxy) is 1. The number of nitrogens with one attached hydrogen (secondary N) is 1. The first-order chi connectivity index (χ1) is 12.9. The van der Waals surface area contributed by atoms with Gasteiger partial charge in [-0.25, -0.2) is 0 Å². The van der Waals surface area contributed by atoms with Crippen molar-refractivity contribution in [2.45, 2.75) is 33.6 Å². The van der Waals surface area contributed by atoms with Crippen molar-refractivity contribution in [1.29, 1.82) is 0 Å². The number of para-hydroxylation sites is 2. The van der Waals surface area contributed by atoms with Crippen molar-refractivity contribution in [3.63, 3.8) is 0 Å². The summed E-state index contributed by atoms with van der Waals surface area (Å²) in [7, 11) is 1.64. The highest BCUT2D eigenvalue weighted by Crippen LogP contribution is 2.25. The number of anilines is 1. The number of hydrogen-bond acceptors (Lipinski definition) is 3. The Morgan fingerprint density at radius 1 is 1.04 bits per heavy atom. The number of carbonyl (C=O) groups excluding carboxylic acids is 2. The van der Waals surface area contributed by atoms with Crippen molar-refractivity contribution < 1.29 is 14.3 Å². The Bertz CT molecular complexity index is 782. The van der Waals surface area contributed by atoms with Crippen LogP contribution in [0, 0.1) is 13.8 Å². The monoisotopic (exact) mass is 368 g/mol. The second kappa shape index (κ2) is 9.76. The Kier molecular flexibility index (Phi) is 7.41. The van der Waals surface area contributed by atoms with Crippen molar-refractivity contribution in [2.24, 2.45) is 0 Å². The van der Waals surface area contributed by atoms with Gasteiger partial charge in [0.2, 0.25) is 11.8 Å². The van der Waals surface area contributed by atoms with Crippen LogP contribution in [0.3, 0.4) is 0 Å². The number of benzene rings is 2. The average Bonchev–Trinajstić information content (AvgIpc) is 2.64. The summed E-state index contributed by atoms with van der Waals surface area (Å²) in [5.41, 5.74) is 4.01. The first-order valence-electron chi connectivity index (χ1n) is 9.17. The molecular weight excluding hydrogens is 340 g/mol. The van der Waals surface area contributed by atoms with Crippen LogP contribution in [0.1, 0.15) is 30.0 Å². The molecule has 0 aliphatic heterocycles. The summed E-state index contributed by atoms with van der Waals surface area (Å²) < 4.78 is 5.32. The molecule has 0 unspecified atom stereocenters. The normalized spacial score (nSPS) is 10.4. The van der Waals surface area contributed by atoms with Crippen molar-refractivity contribution in [3.05, 3.63) is 59.2 Å². The highest BCUT2D eigenvalue weighted by molar-refractivity contribution is 5.94. The molecule has 2 amide bonds. The van der Waals surface area contributed by atoms with Crippen molar-refractivity contribution in [2.75, 3.05) is 25.1 Å². The summed E-state index contributed by atoms with van der Waals surface area (Å²) in [5, 5.41) is 2.92. The van der Waals surface area contributed by atoms with E-state index in [9.17, 15) is 9.59 Å². The largest absolute Gasteiger partial charge is 0.496 e. The smallest absolute Gasteiger partial charge is 0.223 e. The van der Waals surface area contributed by atoms with E-state index in [1.165, 1.54) is 6.92 Å². The fourth-order valence-corrected chi connectivity index (χ4v) is 3.21. The molecule has 0 saturated heterocycles. The van der Waals surface area contributed by atoms with E-state index in [1.54, 1.807) is 12.0 Å². The van der Waals surface area contributed by atoms with E-state index in [-0.39, 0.29) is 18.2 Å². The minimum absolute atomic E-state index is 0.0609. The van der Waals surface area contributed by atoms with Crippen LogP contribution in [0.15, 0.2) is 42.5 Å². The SMILES string of the molecule is COc1ccccc1CCNC(=O)CCN(C(C)=O)c1c(C)cccc1C. The number of carbonyl (C=O) groups is 2.